The number of aliphatic imine (C=N–C) groups is 1. The lowest BCUT2D eigenvalue weighted by Crippen LogP contribution is -2.39. The molecular formula is C21H36IN3O2. The van der Waals surface area contributed by atoms with Crippen molar-refractivity contribution in [3.05, 3.63) is 29.3 Å². The van der Waals surface area contributed by atoms with Crippen LogP contribution in [0.3, 0.4) is 0 Å². The van der Waals surface area contributed by atoms with Gasteiger partial charge >= 0.3 is 0 Å². The third-order valence-electron chi connectivity index (χ3n) is 5.52. The monoisotopic (exact) mass is 489 g/mol. The van der Waals surface area contributed by atoms with Crippen LogP contribution in [0.4, 0.5) is 0 Å². The standard InChI is InChI=1S/C21H35N3O2.HI/c1-4-21(5-2,11-13-25)16-24-20(22-6-3)23-12-9-17-7-8-19-18(15-17)10-14-26-19;/h7-8,15,25H,4-6,9-14,16H2,1-3H3,(H2,22,23,24);1H. The van der Waals surface area contributed by atoms with E-state index in [0.29, 0.717) is 0 Å². The predicted octanol–water partition coefficient (Wildman–Crippen LogP) is 3.53. The van der Waals surface area contributed by atoms with Gasteiger partial charge in [-0.3, -0.25) is 4.99 Å². The number of benzene rings is 1. The molecule has 0 atom stereocenters. The SMILES string of the molecule is CCNC(=NCC(CC)(CC)CCO)NCCc1ccc2c(c1)CCO2.I. The van der Waals surface area contributed by atoms with Crippen LogP contribution in [0.25, 0.3) is 0 Å². The molecule has 0 fully saturated rings. The average Bonchev–Trinajstić information content (AvgIpc) is 3.13. The molecule has 0 amide bonds. The third-order valence-corrected chi connectivity index (χ3v) is 5.52. The highest BCUT2D eigenvalue weighted by Gasteiger charge is 2.25. The highest BCUT2D eigenvalue weighted by molar-refractivity contribution is 14.0. The van der Waals surface area contributed by atoms with Gasteiger partial charge < -0.3 is 20.5 Å². The van der Waals surface area contributed by atoms with E-state index in [-0.39, 0.29) is 36.0 Å². The molecule has 5 nitrogen and oxygen atoms in total. The number of hydrogen-bond acceptors (Lipinski definition) is 3. The number of rotatable bonds is 10. The zero-order valence-electron chi connectivity index (χ0n) is 17.0. The van der Waals surface area contributed by atoms with Crippen LogP contribution < -0.4 is 15.4 Å². The summed E-state index contributed by atoms with van der Waals surface area (Å²) in [6.07, 6.45) is 4.84. The number of ether oxygens (including phenoxy) is 1. The molecule has 0 saturated heterocycles. The van der Waals surface area contributed by atoms with Gasteiger partial charge in [0.05, 0.1) is 6.61 Å². The van der Waals surface area contributed by atoms with Crippen LogP contribution in [0.2, 0.25) is 0 Å². The van der Waals surface area contributed by atoms with E-state index < -0.39 is 0 Å². The summed E-state index contributed by atoms with van der Waals surface area (Å²) in [5.41, 5.74) is 2.74. The lowest BCUT2D eigenvalue weighted by Gasteiger charge is -2.29. The van der Waals surface area contributed by atoms with Crippen molar-refractivity contribution in [1.29, 1.82) is 0 Å². The maximum absolute atomic E-state index is 9.38. The number of hydrogen-bond donors (Lipinski definition) is 3. The number of fused-ring (bicyclic) bond motifs is 1. The van der Waals surface area contributed by atoms with Crippen molar-refractivity contribution in [2.24, 2.45) is 10.4 Å². The van der Waals surface area contributed by atoms with Gasteiger partial charge in [-0.25, -0.2) is 0 Å². The number of aliphatic hydroxyl groups excluding tert-OH is 1. The first-order chi connectivity index (χ1) is 12.7. The molecule has 3 N–H and O–H groups in total. The van der Waals surface area contributed by atoms with E-state index in [2.05, 4.69) is 49.6 Å². The minimum absolute atomic E-state index is 0. The van der Waals surface area contributed by atoms with E-state index in [1.165, 1.54) is 11.1 Å². The second kappa shape index (κ2) is 12.4. The fourth-order valence-electron chi connectivity index (χ4n) is 3.45. The van der Waals surface area contributed by atoms with E-state index >= 15 is 0 Å². The summed E-state index contributed by atoms with van der Waals surface area (Å²) in [7, 11) is 0. The van der Waals surface area contributed by atoms with Gasteiger partial charge in [-0.05, 0) is 55.2 Å². The van der Waals surface area contributed by atoms with Crippen LogP contribution in [0.15, 0.2) is 23.2 Å². The van der Waals surface area contributed by atoms with Crippen molar-refractivity contribution >= 4 is 29.9 Å². The zero-order chi connectivity index (χ0) is 18.8. The van der Waals surface area contributed by atoms with Gasteiger partial charge in [-0.1, -0.05) is 26.0 Å². The van der Waals surface area contributed by atoms with Crippen LogP contribution in [-0.2, 0) is 12.8 Å². The van der Waals surface area contributed by atoms with Gasteiger partial charge in [0.15, 0.2) is 5.96 Å². The van der Waals surface area contributed by atoms with Gasteiger partial charge in [0.2, 0.25) is 0 Å². The fourth-order valence-corrected chi connectivity index (χ4v) is 3.45. The van der Waals surface area contributed by atoms with E-state index in [9.17, 15) is 5.11 Å². The number of halogens is 1. The first kappa shape index (κ1) is 24.0. The maximum atomic E-state index is 9.38. The van der Waals surface area contributed by atoms with Gasteiger partial charge in [0.25, 0.3) is 0 Å². The Morgan fingerprint density at radius 3 is 2.67 bits per heavy atom. The Kier molecular flexibility index (Phi) is 11.1. The summed E-state index contributed by atoms with van der Waals surface area (Å²) < 4.78 is 5.57. The van der Waals surface area contributed by atoms with Gasteiger partial charge in [0, 0.05) is 32.7 Å². The summed E-state index contributed by atoms with van der Waals surface area (Å²) in [5, 5.41) is 16.2. The maximum Gasteiger partial charge on any atom is 0.191 e. The number of nitrogens with one attached hydrogen (secondary N) is 2. The van der Waals surface area contributed by atoms with Crippen LogP contribution >= 0.6 is 24.0 Å². The number of aliphatic hydroxyl groups is 1. The molecule has 6 heteroatoms. The van der Waals surface area contributed by atoms with Crippen LogP contribution in [-0.4, -0.2) is 43.9 Å². The Balaban J connectivity index is 0.00000364. The largest absolute Gasteiger partial charge is 0.493 e. The van der Waals surface area contributed by atoms with Crippen molar-refractivity contribution in [3.8, 4) is 5.75 Å². The molecule has 0 aromatic heterocycles. The van der Waals surface area contributed by atoms with Crippen LogP contribution in [0.1, 0.15) is 51.2 Å². The molecule has 0 aliphatic carbocycles. The molecule has 1 heterocycles. The van der Waals surface area contributed by atoms with Gasteiger partial charge in [-0.15, -0.1) is 24.0 Å². The molecule has 27 heavy (non-hydrogen) atoms. The first-order valence-corrected chi connectivity index (χ1v) is 10.0. The van der Waals surface area contributed by atoms with Crippen LogP contribution in [0, 0.1) is 5.41 Å². The molecule has 1 aromatic rings. The van der Waals surface area contributed by atoms with Crippen molar-refractivity contribution in [1.82, 2.24) is 10.6 Å². The first-order valence-electron chi connectivity index (χ1n) is 10.0. The summed E-state index contributed by atoms with van der Waals surface area (Å²) in [4.78, 5) is 4.80. The molecule has 2 rings (SSSR count). The van der Waals surface area contributed by atoms with E-state index in [1.807, 2.05) is 0 Å². The third kappa shape index (κ3) is 7.14. The molecule has 0 saturated carbocycles. The summed E-state index contributed by atoms with van der Waals surface area (Å²) >= 11 is 0. The number of nitrogens with zero attached hydrogens (tertiary/aromatic N) is 1. The van der Waals surface area contributed by atoms with E-state index in [0.717, 1.165) is 70.1 Å². The predicted molar refractivity (Wildman–Crippen MR) is 123 cm³/mol. The quantitative estimate of drug-likeness (QED) is 0.267. The Bertz CT molecular complexity index is 589. The minimum atomic E-state index is 0. The molecular weight excluding hydrogens is 453 g/mol. The lowest BCUT2D eigenvalue weighted by molar-refractivity contribution is 0.175. The lowest BCUT2D eigenvalue weighted by atomic mass is 9.79. The summed E-state index contributed by atoms with van der Waals surface area (Å²) in [5.74, 6) is 1.90. The molecule has 1 aliphatic rings. The molecule has 0 radical (unpaired) electrons. The van der Waals surface area contributed by atoms with Crippen molar-refractivity contribution < 1.29 is 9.84 Å². The fraction of sp³-hybridized carbons (Fsp3) is 0.667. The number of guanidine groups is 1. The molecule has 0 bridgehead atoms. The van der Waals surface area contributed by atoms with E-state index in [1.54, 1.807) is 0 Å². The second-order valence-corrected chi connectivity index (χ2v) is 7.09. The minimum Gasteiger partial charge on any atom is -0.493 e. The van der Waals surface area contributed by atoms with Crippen molar-refractivity contribution in [2.75, 3.05) is 32.8 Å². The Hall–Kier alpha value is -1.02. The van der Waals surface area contributed by atoms with Gasteiger partial charge in [-0.2, -0.15) is 0 Å². The van der Waals surface area contributed by atoms with Gasteiger partial charge in [0.1, 0.15) is 5.75 Å². The van der Waals surface area contributed by atoms with Crippen LogP contribution in [0.5, 0.6) is 5.75 Å². The molecule has 0 spiro atoms. The average molecular weight is 489 g/mol. The smallest absolute Gasteiger partial charge is 0.191 e. The molecule has 0 unspecified atom stereocenters. The normalized spacial score (nSPS) is 13.6. The molecule has 1 aliphatic heterocycles. The zero-order valence-corrected chi connectivity index (χ0v) is 19.3. The second-order valence-electron chi connectivity index (χ2n) is 7.09. The Morgan fingerprint density at radius 1 is 1.22 bits per heavy atom. The highest BCUT2D eigenvalue weighted by atomic mass is 127. The molecule has 154 valence electrons. The topological polar surface area (TPSA) is 65.9 Å². The molecule has 1 aromatic carbocycles. The summed E-state index contributed by atoms with van der Waals surface area (Å²) in [6.45, 7) is 9.91. The van der Waals surface area contributed by atoms with E-state index in [4.69, 9.17) is 9.73 Å². The van der Waals surface area contributed by atoms with Crippen molar-refractivity contribution in [3.63, 3.8) is 0 Å². The highest BCUT2D eigenvalue weighted by Crippen LogP contribution is 2.30. The summed E-state index contributed by atoms with van der Waals surface area (Å²) in [6, 6.07) is 6.49. The van der Waals surface area contributed by atoms with Crippen molar-refractivity contribution in [2.45, 2.75) is 52.9 Å². The Morgan fingerprint density at radius 2 is 2.00 bits per heavy atom. The Labute approximate surface area is 181 Å².